The Bertz CT molecular complexity index is 615. The summed E-state index contributed by atoms with van der Waals surface area (Å²) in [7, 11) is 0. The predicted molar refractivity (Wildman–Crippen MR) is 117 cm³/mol. The molecule has 174 valence electrons. The summed E-state index contributed by atoms with van der Waals surface area (Å²) >= 11 is 0. The highest BCUT2D eigenvalue weighted by atomic mass is 16.5. The molecule has 1 aliphatic rings. The van der Waals surface area contributed by atoms with Gasteiger partial charge in [-0.3, -0.25) is 9.59 Å². The fourth-order valence-electron chi connectivity index (χ4n) is 4.57. The highest BCUT2D eigenvalue weighted by Gasteiger charge is 2.37. The zero-order chi connectivity index (χ0) is 23.3. The second-order valence-electron chi connectivity index (χ2n) is 9.53. The van der Waals surface area contributed by atoms with E-state index in [1.165, 1.54) is 0 Å². The number of carbonyl (C=O) groups is 2. The van der Waals surface area contributed by atoms with Crippen molar-refractivity contribution in [3.8, 4) is 0 Å². The van der Waals surface area contributed by atoms with Crippen molar-refractivity contribution in [2.45, 2.75) is 92.6 Å². The lowest BCUT2D eigenvalue weighted by Gasteiger charge is -2.33. The molecule has 6 nitrogen and oxygen atoms in total. The number of rotatable bonds is 1. The van der Waals surface area contributed by atoms with Crippen LogP contribution in [0.2, 0.25) is 0 Å². The minimum atomic E-state index is -1.06. The van der Waals surface area contributed by atoms with Gasteiger partial charge in [0, 0.05) is 23.7 Å². The molecule has 10 atom stereocenters. The Morgan fingerprint density at radius 3 is 2.07 bits per heavy atom. The lowest BCUT2D eigenvalue weighted by atomic mass is 9.78. The maximum atomic E-state index is 12.9. The van der Waals surface area contributed by atoms with Crippen LogP contribution in [0.4, 0.5) is 0 Å². The van der Waals surface area contributed by atoms with Gasteiger partial charge in [0.1, 0.15) is 11.9 Å². The molecular formula is C24H42O6. The van der Waals surface area contributed by atoms with E-state index in [4.69, 9.17) is 4.74 Å². The van der Waals surface area contributed by atoms with Crippen molar-refractivity contribution in [1.29, 1.82) is 0 Å². The van der Waals surface area contributed by atoms with Gasteiger partial charge in [-0.1, -0.05) is 47.6 Å². The van der Waals surface area contributed by atoms with Crippen LogP contribution >= 0.6 is 0 Å². The van der Waals surface area contributed by atoms with Crippen LogP contribution in [0.3, 0.4) is 0 Å². The Labute approximate surface area is 181 Å². The molecule has 0 saturated heterocycles. The first-order valence-electron chi connectivity index (χ1n) is 11.3. The van der Waals surface area contributed by atoms with E-state index in [-0.39, 0.29) is 23.5 Å². The van der Waals surface area contributed by atoms with Crippen molar-refractivity contribution >= 4 is 11.8 Å². The van der Waals surface area contributed by atoms with Crippen LogP contribution in [0.25, 0.3) is 0 Å². The summed E-state index contributed by atoms with van der Waals surface area (Å²) < 4.78 is 5.68. The third kappa shape index (κ3) is 6.38. The second kappa shape index (κ2) is 11.4. The van der Waals surface area contributed by atoms with Crippen molar-refractivity contribution < 1.29 is 29.6 Å². The van der Waals surface area contributed by atoms with Gasteiger partial charge in [0.25, 0.3) is 0 Å². The number of esters is 1. The molecule has 1 heterocycles. The van der Waals surface area contributed by atoms with Crippen LogP contribution in [0.1, 0.15) is 68.2 Å². The van der Waals surface area contributed by atoms with E-state index in [9.17, 15) is 24.9 Å². The van der Waals surface area contributed by atoms with Gasteiger partial charge in [0.2, 0.25) is 0 Å². The van der Waals surface area contributed by atoms with E-state index < -0.39 is 48.1 Å². The Kier molecular flexibility index (Phi) is 10.2. The van der Waals surface area contributed by atoms with E-state index in [2.05, 4.69) is 0 Å². The summed E-state index contributed by atoms with van der Waals surface area (Å²) in [6, 6.07) is 0. The number of hydrogen-bond donors (Lipinski definition) is 3. The molecule has 0 aliphatic carbocycles. The average molecular weight is 427 g/mol. The van der Waals surface area contributed by atoms with Crippen molar-refractivity contribution in [3.63, 3.8) is 0 Å². The first-order chi connectivity index (χ1) is 13.8. The third-order valence-electron chi connectivity index (χ3n) is 6.93. The average Bonchev–Trinajstić information content (AvgIpc) is 2.72. The lowest BCUT2D eigenvalue weighted by molar-refractivity contribution is -0.162. The summed E-state index contributed by atoms with van der Waals surface area (Å²) in [5, 5.41) is 32.2. The van der Waals surface area contributed by atoms with Gasteiger partial charge in [-0.05, 0) is 38.2 Å². The van der Waals surface area contributed by atoms with Crippen LogP contribution in [0, 0.1) is 35.5 Å². The second-order valence-corrected chi connectivity index (χ2v) is 9.53. The van der Waals surface area contributed by atoms with Gasteiger partial charge in [0.15, 0.2) is 0 Å². The van der Waals surface area contributed by atoms with E-state index in [1.807, 2.05) is 33.8 Å². The van der Waals surface area contributed by atoms with Gasteiger partial charge >= 0.3 is 5.97 Å². The van der Waals surface area contributed by atoms with Crippen LogP contribution < -0.4 is 0 Å². The maximum Gasteiger partial charge on any atom is 0.311 e. The molecule has 0 fully saturated rings. The molecule has 0 unspecified atom stereocenters. The molecule has 0 bridgehead atoms. The van der Waals surface area contributed by atoms with Crippen molar-refractivity contribution in [3.05, 3.63) is 11.6 Å². The molecular weight excluding hydrogens is 384 g/mol. The molecule has 0 aromatic rings. The van der Waals surface area contributed by atoms with E-state index in [1.54, 1.807) is 27.7 Å². The molecule has 0 aromatic heterocycles. The summed E-state index contributed by atoms with van der Waals surface area (Å²) in [6.45, 7) is 14.3. The monoisotopic (exact) mass is 426 g/mol. The highest BCUT2D eigenvalue weighted by molar-refractivity contribution is 5.83. The zero-order valence-corrected chi connectivity index (χ0v) is 19.8. The fourth-order valence-corrected chi connectivity index (χ4v) is 4.57. The van der Waals surface area contributed by atoms with Gasteiger partial charge < -0.3 is 20.1 Å². The van der Waals surface area contributed by atoms with E-state index >= 15 is 0 Å². The largest absolute Gasteiger partial charge is 0.461 e. The molecule has 0 aromatic carbocycles. The van der Waals surface area contributed by atoms with Gasteiger partial charge in [-0.2, -0.15) is 0 Å². The maximum absolute atomic E-state index is 12.9. The molecule has 0 spiro atoms. The molecule has 1 aliphatic heterocycles. The summed E-state index contributed by atoms with van der Waals surface area (Å²) in [5.74, 6) is -3.22. The van der Waals surface area contributed by atoms with Gasteiger partial charge in [0.05, 0.1) is 24.2 Å². The van der Waals surface area contributed by atoms with Crippen LogP contribution in [0.15, 0.2) is 11.6 Å². The molecule has 0 radical (unpaired) electrons. The molecule has 1 rings (SSSR count). The molecule has 0 amide bonds. The molecule has 6 heteroatoms. The number of carbonyl (C=O) groups excluding carboxylic acids is 2. The van der Waals surface area contributed by atoms with Crippen LogP contribution in [-0.2, 0) is 14.3 Å². The summed E-state index contributed by atoms with van der Waals surface area (Å²) in [6.07, 6.45) is -0.376. The van der Waals surface area contributed by atoms with E-state index in [0.29, 0.717) is 18.4 Å². The predicted octanol–water partition coefficient (Wildman–Crippen LogP) is 3.13. The van der Waals surface area contributed by atoms with E-state index in [0.717, 1.165) is 0 Å². The number of aliphatic hydroxyl groups excluding tert-OH is 3. The molecule has 30 heavy (non-hydrogen) atoms. The van der Waals surface area contributed by atoms with Gasteiger partial charge in [-0.15, -0.1) is 0 Å². The quantitative estimate of drug-likeness (QED) is 0.440. The number of hydrogen-bond acceptors (Lipinski definition) is 6. The van der Waals surface area contributed by atoms with Gasteiger partial charge in [-0.25, -0.2) is 0 Å². The van der Waals surface area contributed by atoms with Crippen molar-refractivity contribution in [1.82, 2.24) is 0 Å². The first kappa shape index (κ1) is 26.8. The number of Topliss-reactive ketones (excluding diaryl/α,β-unsaturated/α-hetero) is 1. The van der Waals surface area contributed by atoms with Crippen LogP contribution in [-0.4, -0.2) is 51.5 Å². The standard InChI is InChI=1S/C24H42O6/c1-9-19-12(2)10-13(3)20(25)16(6)21(26)14(4)11-15(5)22(27)17(7)23(28)18(8)24(29)30-19/h10,12,14-20,22-23,25,27-28H,9,11H2,1-8H3/b13-10+/t12-,14+,15-,16+,17+,18+,19+,20-,22-,23-/m0/s1. The lowest BCUT2D eigenvalue weighted by Crippen LogP contribution is -2.42. The number of ketones is 1. The third-order valence-corrected chi connectivity index (χ3v) is 6.93. The van der Waals surface area contributed by atoms with Crippen LogP contribution in [0.5, 0.6) is 0 Å². The summed E-state index contributed by atoms with van der Waals surface area (Å²) in [5.41, 5.74) is 0.673. The molecule has 3 N–H and O–H groups in total. The Morgan fingerprint density at radius 1 is 0.967 bits per heavy atom. The minimum absolute atomic E-state index is 0.0471. The highest BCUT2D eigenvalue weighted by Crippen LogP contribution is 2.29. The fraction of sp³-hybridized carbons (Fsp3) is 0.833. The number of ether oxygens (including phenoxy) is 1. The van der Waals surface area contributed by atoms with Crippen molar-refractivity contribution in [2.24, 2.45) is 35.5 Å². The molecule has 0 saturated carbocycles. The number of aliphatic hydroxyl groups is 3. The number of cyclic esters (lactones) is 1. The Hall–Kier alpha value is -1.24. The topological polar surface area (TPSA) is 104 Å². The Morgan fingerprint density at radius 2 is 1.53 bits per heavy atom. The minimum Gasteiger partial charge on any atom is -0.461 e. The smallest absolute Gasteiger partial charge is 0.311 e. The SMILES string of the molecule is CC[C@H]1OC(=O)[C@H](C)[C@@H](O)[C@H](C)[C@@H](O)[C@@H](C)C[C@@H](C)C(=O)[C@H](C)[C@@H](O)/C(C)=C/[C@@H]1C. The summed E-state index contributed by atoms with van der Waals surface area (Å²) in [4.78, 5) is 25.6. The normalized spacial score (nSPS) is 44.8. The van der Waals surface area contributed by atoms with Crippen molar-refractivity contribution in [2.75, 3.05) is 0 Å². The Balaban J connectivity index is 3.31. The first-order valence-corrected chi connectivity index (χ1v) is 11.3. The zero-order valence-electron chi connectivity index (χ0n) is 19.8.